The molecule has 1 aromatic carbocycles. The second-order valence-electron chi connectivity index (χ2n) is 6.59. The van der Waals surface area contributed by atoms with Gasteiger partial charge in [0.15, 0.2) is 5.69 Å². The Morgan fingerprint density at radius 1 is 1.29 bits per heavy atom. The van der Waals surface area contributed by atoms with Crippen molar-refractivity contribution in [2.24, 2.45) is 0 Å². The van der Waals surface area contributed by atoms with E-state index >= 15 is 0 Å². The predicted octanol–water partition coefficient (Wildman–Crippen LogP) is 3.39. The van der Waals surface area contributed by atoms with Crippen LogP contribution in [0.15, 0.2) is 34.9 Å². The molecule has 1 aliphatic rings. The molecule has 3 aromatic rings. The molecule has 2 heterocycles. The summed E-state index contributed by atoms with van der Waals surface area (Å²) in [4.78, 5) is 12.4. The van der Waals surface area contributed by atoms with Crippen molar-refractivity contribution in [3.05, 3.63) is 59.1 Å². The lowest BCUT2D eigenvalue weighted by molar-refractivity contribution is -0.143. The minimum Gasteiger partial charge on any atom is -0.423 e. The van der Waals surface area contributed by atoms with Crippen LogP contribution in [0.3, 0.4) is 0 Å². The van der Waals surface area contributed by atoms with E-state index in [9.17, 15) is 18.0 Å². The molecule has 0 bridgehead atoms. The van der Waals surface area contributed by atoms with E-state index in [1.807, 2.05) is 0 Å². The van der Waals surface area contributed by atoms with E-state index < -0.39 is 23.3 Å². The zero-order valence-corrected chi connectivity index (χ0v) is 14.8. The minimum atomic E-state index is -4.77. The zero-order valence-electron chi connectivity index (χ0n) is 14.8. The van der Waals surface area contributed by atoms with Crippen molar-refractivity contribution in [1.29, 1.82) is 0 Å². The fraction of sp³-hybridized carbons (Fsp3) is 0.333. The van der Waals surface area contributed by atoms with Crippen LogP contribution in [-0.2, 0) is 12.7 Å². The smallest absolute Gasteiger partial charge is 0.423 e. The van der Waals surface area contributed by atoms with Crippen LogP contribution in [0.1, 0.15) is 52.2 Å². The van der Waals surface area contributed by atoms with Crippen LogP contribution in [0.2, 0.25) is 0 Å². The molecular weight excluding hydrogens is 375 g/mol. The summed E-state index contributed by atoms with van der Waals surface area (Å²) in [6.07, 6.45) is -1.91. The van der Waals surface area contributed by atoms with E-state index in [0.29, 0.717) is 11.5 Å². The standard InChI is InChI=1S/C18H16F3N5O2/c1-10-4-2-3-5-13(10)26-15(18(19,20)21)12(8-23-26)16(27)22-9-14-24-25-17(28-14)11-6-7-11/h2-5,8,11H,6-7,9H2,1H3,(H,22,27). The van der Waals surface area contributed by atoms with E-state index in [-0.39, 0.29) is 24.0 Å². The quantitative estimate of drug-likeness (QED) is 0.721. The number of halogens is 3. The van der Waals surface area contributed by atoms with Gasteiger partial charge in [0.1, 0.15) is 0 Å². The number of carbonyl (C=O) groups is 1. The summed E-state index contributed by atoms with van der Waals surface area (Å²) >= 11 is 0. The molecule has 0 unspecified atom stereocenters. The highest BCUT2D eigenvalue weighted by molar-refractivity contribution is 5.95. The fourth-order valence-electron chi connectivity index (χ4n) is 2.86. The van der Waals surface area contributed by atoms with E-state index in [4.69, 9.17) is 4.42 Å². The van der Waals surface area contributed by atoms with E-state index in [1.165, 1.54) is 6.07 Å². The first-order valence-electron chi connectivity index (χ1n) is 8.66. The van der Waals surface area contributed by atoms with E-state index in [1.54, 1.807) is 25.1 Å². The van der Waals surface area contributed by atoms with Crippen molar-refractivity contribution in [3.63, 3.8) is 0 Å². The van der Waals surface area contributed by atoms with Crippen LogP contribution in [0.5, 0.6) is 0 Å². The van der Waals surface area contributed by atoms with Gasteiger partial charge >= 0.3 is 6.18 Å². The number of aromatic nitrogens is 4. The number of amides is 1. The molecule has 0 aliphatic heterocycles. The molecule has 2 aromatic heterocycles. The van der Waals surface area contributed by atoms with Gasteiger partial charge in [-0.15, -0.1) is 10.2 Å². The van der Waals surface area contributed by atoms with Gasteiger partial charge in [-0.25, -0.2) is 4.68 Å². The molecule has 0 saturated heterocycles. The fourth-order valence-corrected chi connectivity index (χ4v) is 2.86. The molecule has 28 heavy (non-hydrogen) atoms. The minimum absolute atomic E-state index is 0.148. The average Bonchev–Trinajstić information content (AvgIpc) is 3.21. The Hall–Kier alpha value is -3.17. The molecule has 7 nitrogen and oxygen atoms in total. The molecule has 10 heteroatoms. The van der Waals surface area contributed by atoms with Gasteiger partial charge in [0.25, 0.3) is 5.91 Å². The maximum atomic E-state index is 13.7. The summed E-state index contributed by atoms with van der Waals surface area (Å²) in [5.41, 5.74) is -0.859. The Labute approximate surface area is 157 Å². The van der Waals surface area contributed by atoms with Crippen molar-refractivity contribution in [2.45, 2.75) is 38.4 Å². The maximum Gasteiger partial charge on any atom is 0.434 e. The Morgan fingerprint density at radius 3 is 2.71 bits per heavy atom. The van der Waals surface area contributed by atoms with Crippen LogP contribution in [0, 0.1) is 6.92 Å². The van der Waals surface area contributed by atoms with Gasteiger partial charge in [-0.2, -0.15) is 18.3 Å². The lowest BCUT2D eigenvalue weighted by Gasteiger charge is -2.14. The summed E-state index contributed by atoms with van der Waals surface area (Å²) in [6.45, 7) is 1.51. The summed E-state index contributed by atoms with van der Waals surface area (Å²) in [5.74, 6) is -0.0258. The van der Waals surface area contributed by atoms with Gasteiger partial charge in [0, 0.05) is 5.92 Å². The Kier molecular flexibility index (Phi) is 4.40. The number of para-hydroxylation sites is 1. The van der Waals surface area contributed by atoms with Crippen molar-refractivity contribution in [3.8, 4) is 5.69 Å². The maximum absolute atomic E-state index is 13.7. The first-order chi connectivity index (χ1) is 13.3. The number of nitrogens with one attached hydrogen (secondary N) is 1. The average molecular weight is 391 g/mol. The molecular formula is C18H16F3N5O2. The third kappa shape index (κ3) is 3.49. The van der Waals surface area contributed by atoms with Gasteiger partial charge in [-0.05, 0) is 31.4 Å². The summed E-state index contributed by atoms with van der Waals surface area (Å²) in [5, 5.41) is 13.9. The Morgan fingerprint density at radius 2 is 2.04 bits per heavy atom. The highest BCUT2D eigenvalue weighted by Crippen LogP contribution is 2.39. The second-order valence-corrected chi connectivity index (χ2v) is 6.59. The highest BCUT2D eigenvalue weighted by atomic mass is 19.4. The zero-order chi connectivity index (χ0) is 19.9. The summed E-state index contributed by atoms with van der Waals surface area (Å²) in [7, 11) is 0. The van der Waals surface area contributed by atoms with Gasteiger partial charge in [0.2, 0.25) is 11.8 Å². The SMILES string of the molecule is Cc1ccccc1-n1ncc(C(=O)NCc2nnc(C3CC3)o2)c1C(F)(F)F. The third-order valence-electron chi connectivity index (χ3n) is 4.44. The van der Waals surface area contributed by atoms with Crippen molar-refractivity contribution < 1.29 is 22.4 Å². The molecule has 1 aliphatic carbocycles. The predicted molar refractivity (Wildman–Crippen MR) is 90.7 cm³/mol. The van der Waals surface area contributed by atoms with Crippen LogP contribution < -0.4 is 5.32 Å². The number of rotatable bonds is 5. The molecule has 146 valence electrons. The molecule has 0 spiro atoms. The largest absolute Gasteiger partial charge is 0.434 e. The topological polar surface area (TPSA) is 85.8 Å². The van der Waals surface area contributed by atoms with Gasteiger partial charge in [-0.3, -0.25) is 4.79 Å². The van der Waals surface area contributed by atoms with Crippen molar-refractivity contribution >= 4 is 5.91 Å². The number of carbonyl (C=O) groups excluding carboxylic acids is 1. The van der Waals surface area contributed by atoms with E-state index in [0.717, 1.165) is 23.7 Å². The molecule has 1 amide bonds. The normalized spacial score (nSPS) is 14.3. The monoisotopic (exact) mass is 391 g/mol. The molecule has 1 N–H and O–H groups in total. The molecule has 0 atom stereocenters. The van der Waals surface area contributed by atoms with Crippen molar-refractivity contribution in [1.82, 2.24) is 25.3 Å². The third-order valence-corrected chi connectivity index (χ3v) is 4.44. The summed E-state index contributed by atoms with van der Waals surface area (Å²) < 4.78 is 47.2. The number of hydrogen-bond donors (Lipinski definition) is 1. The van der Waals surface area contributed by atoms with Crippen LogP contribution in [-0.4, -0.2) is 25.9 Å². The summed E-state index contributed by atoms with van der Waals surface area (Å²) in [6, 6.07) is 6.50. The lowest BCUT2D eigenvalue weighted by atomic mass is 10.1. The molecule has 1 saturated carbocycles. The number of aryl methyl sites for hydroxylation is 1. The van der Waals surface area contributed by atoms with Crippen LogP contribution in [0.25, 0.3) is 5.69 Å². The van der Waals surface area contributed by atoms with E-state index in [2.05, 4.69) is 20.6 Å². The Bertz CT molecular complexity index is 1020. The van der Waals surface area contributed by atoms with Crippen LogP contribution >= 0.6 is 0 Å². The number of hydrogen-bond acceptors (Lipinski definition) is 5. The van der Waals surface area contributed by atoms with Crippen LogP contribution in [0.4, 0.5) is 13.2 Å². The highest BCUT2D eigenvalue weighted by Gasteiger charge is 2.40. The first-order valence-corrected chi connectivity index (χ1v) is 8.66. The van der Waals surface area contributed by atoms with Gasteiger partial charge < -0.3 is 9.73 Å². The van der Waals surface area contributed by atoms with Gasteiger partial charge in [-0.1, -0.05) is 18.2 Å². The molecule has 0 radical (unpaired) electrons. The number of alkyl halides is 3. The molecule has 4 rings (SSSR count). The van der Waals surface area contributed by atoms with Gasteiger partial charge in [0.05, 0.1) is 24.0 Å². The number of benzene rings is 1. The second kappa shape index (κ2) is 6.77. The lowest BCUT2D eigenvalue weighted by Crippen LogP contribution is -2.26. The Balaban J connectivity index is 1.59. The van der Waals surface area contributed by atoms with Crippen molar-refractivity contribution in [2.75, 3.05) is 0 Å². The number of nitrogens with zero attached hydrogens (tertiary/aromatic N) is 4. The molecule has 1 fully saturated rings. The first kappa shape index (κ1) is 18.2.